The molecule has 12 heteroatoms. The molecule has 2 aromatic heterocycles. The Morgan fingerprint density at radius 3 is 2.74 bits per heavy atom. The summed E-state index contributed by atoms with van der Waals surface area (Å²) >= 11 is 5.87. The van der Waals surface area contributed by atoms with Gasteiger partial charge in [-0.2, -0.15) is 18.2 Å². The fourth-order valence-corrected chi connectivity index (χ4v) is 3.73. The Kier molecular flexibility index (Phi) is 4.91. The second kappa shape index (κ2) is 6.89. The molecule has 0 aliphatic heterocycles. The van der Waals surface area contributed by atoms with Crippen molar-refractivity contribution in [2.24, 2.45) is 0 Å². The van der Waals surface area contributed by atoms with E-state index in [4.69, 9.17) is 16.3 Å². The summed E-state index contributed by atoms with van der Waals surface area (Å²) in [6, 6.07) is 4.61. The number of nitrogens with one attached hydrogen (secondary N) is 2. The Hall–Kier alpha value is -2.53. The highest BCUT2D eigenvalue weighted by Crippen LogP contribution is 2.29. The molecule has 7 nitrogen and oxygen atoms in total. The molecule has 2 N–H and O–H groups in total. The molecular formula is C15H12ClF3N4O3S. The summed E-state index contributed by atoms with van der Waals surface area (Å²) < 4.78 is 69.8. The number of hydrogen-bond donors (Lipinski definition) is 2. The van der Waals surface area contributed by atoms with Gasteiger partial charge in [0.1, 0.15) is 4.90 Å². The van der Waals surface area contributed by atoms with E-state index >= 15 is 0 Å². The maximum Gasteiger partial charge on any atom is 0.393 e. The first-order valence-electron chi connectivity index (χ1n) is 7.35. The van der Waals surface area contributed by atoms with Gasteiger partial charge in [0.2, 0.25) is 11.8 Å². The van der Waals surface area contributed by atoms with E-state index in [1.54, 1.807) is 6.07 Å². The highest BCUT2D eigenvalue weighted by Gasteiger charge is 2.30. The van der Waals surface area contributed by atoms with Crippen molar-refractivity contribution < 1.29 is 26.3 Å². The van der Waals surface area contributed by atoms with Crippen LogP contribution in [0.25, 0.3) is 10.9 Å². The third-order valence-electron chi connectivity index (χ3n) is 3.53. The molecule has 3 aromatic rings. The molecule has 27 heavy (non-hydrogen) atoms. The normalized spacial score (nSPS) is 12.3. The number of alkyl halides is 3. The number of methoxy groups -OCH3 is 1. The number of aromatic amines is 1. The monoisotopic (exact) mass is 420 g/mol. The smallest absolute Gasteiger partial charge is 0.393 e. The van der Waals surface area contributed by atoms with Crippen molar-refractivity contribution >= 4 is 38.5 Å². The van der Waals surface area contributed by atoms with Crippen LogP contribution < -0.4 is 9.46 Å². The van der Waals surface area contributed by atoms with Crippen molar-refractivity contribution in [1.29, 1.82) is 0 Å². The second-order valence-corrected chi connectivity index (χ2v) is 7.56. The summed E-state index contributed by atoms with van der Waals surface area (Å²) in [5, 5.41) is 0.808. The summed E-state index contributed by atoms with van der Waals surface area (Å²) in [5.74, 6) is -0.785. The summed E-state index contributed by atoms with van der Waals surface area (Å²) in [6.45, 7) is 0. The molecule has 0 saturated carbocycles. The number of ether oxygens (including phenoxy) is 1. The van der Waals surface area contributed by atoms with Crippen molar-refractivity contribution in [2.75, 3.05) is 11.8 Å². The molecule has 0 unspecified atom stereocenters. The Balaban J connectivity index is 1.93. The molecule has 1 aromatic carbocycles. The van der Waals surface area contributed by atoms with E-state index in [2.05, 4.69) is 19.7 Å². The molecule has 0 atom stereocenters. The maximum absolute atomic E-state index is 12.6. The number of rotatable bonds is 5. The maximum atomic E-state index is 12.6. The first-order chi connectivity index (χ1) is 12.6. The minimum atomic E-state index is -4.48. The van der Waals surface area contributed by atoms with E-state index in [1.807, 2.05) is 0 Å². The fraction of sp³-hybridized carbons (Fsp3) is 0.200. The summed E-state index contributed by atoms with van der Waals surface area (Å²) in [5.41, 5.74) is 0.191. The van der Waals surface area contributed by atoms with Gasteiger partial charge in [0.25, 0.3) is 10.0 Å². The molecule has 0 amide bonds. The molecule has 0 bridgehead atoms. The van der Waals surface area contributed by atoms with Crippen LogP contribution in [-0.4, -0.2) is 36.7 Å². The first-order valence-corrected chi connectivity index (χ1v) is 9.21. The van der Waals surface area contributed by atoms with Crippen LogP contribution in [0.4, 0.5) is 19.1 Å². The predicted octanol–water partition coefficient (Wildman–Crippen LogP) is 3.53. The van der Waals surface area contributed by atoms with Crippen LogP contribution in [0.5, 0.6) is 5.88 Å². The van der Waals surface area contributed by atoms with Gasteiger partial charge in [-0.1, -0.05) is 11.6 Å². The van der Waals surface area contributed by atoms with E-state index in [9.17, 15) is 21.6 Å². The molecule has 144 valence electrons. The van der Waals surface area contributed by atoms with Crippen LogP contribution in [-0.2, 0) is 16.4 Å². The zero-order valence-corrected chi connectivity index (χ0v) is 15.2. The van der Waals surface area contributed by atoms with Crippen LogP contribution in [0.1, 0.15) is 5.56 Å². The van der Waals surface area contributed by atoms with E-state index in [-0.39, 0.29) is 16.3 Å². The van der Waals surface area contributed by atoms with Gasteiger partial charge in [-0.3, -0.25) is 0 Å². The SMILES string of the molecule is COc1nc(NS(=O)(=O)c2c[nH]c3cc(Cl)ccc23)ncc1CC(F)(F)F. The van der Waals surface area contributed by atoms with E-state index in [1.165, 1.54) is 18.3 Å². The third-order valence-corrected chi connectivity index (χ3v) is 5.13. The number of halogens is 4. The lowest BCUT2D eigenvalue weighted by Gasteiger charge is -2.11. The lowest BCUT2D eigenvalue weighted by atomic mass is 10.2. The van der Waals surface area contributed by atoms with Crippen molar-refractivity contribution in [3.8, 4) is 5.88 Å². The minimum Gasteiger partial charge on any atom is -0.481 e. The van der Waals surface area contributed by atoms with E-state index in [0.29, 0.717) is 15.9 Å². The molecule has 0 saturated heterocycles. The van der Waals surface area contributed by atoms with Crippen LogP contribution in [0.3, 0.4) is 0 Å². The number of nitrogens with zero attached hydrogens (tertiary/aromatic N) is 2. The van der Waals surface area contributed by atoms with Gasteiger partial charge in [0.05, 0.1) is 13.5 Å². The largest absolute Gasteiger partial charge is 0.481 e. The molecule has 0 fully saturated rings. The fourth-order valence-electron chi connectivity index (χ4n) is 2.42. The zero-order valence-electron chi connectivity index (χ0n) is 13.6. The highest BCUT2D eigenvalue weighted by molar-refractivity contribution is 7.93. The average molecular weight is 421 g/mol. The van der Waals surface area contributed by atoms with Gasteiger partial charge in [0.15, 0.2) is 0 Å². The van der Waals surface area contributed by atoms with Gasteiger partial charge in [0, 0.05) is 33.9 Å². The minimum absolute atomic E-state index is 0.0869. The molecule has 0 aliphatic rings. The number of anilines is 1. The van der Waals surface area contributed by atoms with Crippen LogP contribution >= 0.6 is 11.6 Å². The Morgan fingerprint density at radius 2 is 2.07 bits per heavy atom. The van der Waals surface area contributed by atoms with Gasteiger partial charge in [-0.25, -0.2) is 18.1 Å². The van der Waals surface area contributed by atoms with E-state index in [0.717, 1.165) is 13.3 Å². The lowest BCUT2D eigenvalue weighted by Crippen LogP contribution is -2.17. The standard InChI is InChI=1S/C15H12ClF3N4O3S/c1-26-13-8(5-15(17,18)19)6-21-14(22-13)23-27(24,25)12-7-20-11-4-9(16)2-3-10(11)12/h2-4,6-7,20H,5H2,1H3,(H,21,22,23). The molecule has 3 rings (SSSR count). The molecule has 2 heterocycles. The van der Waals surface area contributed by atoms with Gasteiger partial charge in [-0.05, 0) is 18.2 Å². The van der Waals surface area contributed by atoms with Gasteiger partial charge >= 0.3 is 6.18 Å². The summed E-state index contributed by atoms with van der Waals surface area (Å²) in [7, 11) is -2.98. The Labute approximate surface area is 156 Å². The van der Waals surface area contributed by atoms with Crippen molar-refractivity contribution in [3.05, 3.63) is 41.2 Å². The Bertz CT molecular complexity index is 1100. The van der Waals surface area contributed by atoms with Gasteiger partial charge in [-0.15, -0.1) is 0 Å². The van der Waals surface area contributed by atoms with Crippen molar-refractivity contribution in [2.45, 2.75) is 17.5 Å². The number of aromatic nitrogens is 3. The zero-order chi connectivity index (χ0) is 19.8. The van der Waals surface area contributed by atoms with Crippen LogP contribution in [0.2, 0.25) is 5.02 Å². The second-order valence-electron chi connectivity index (χ2n) is 5.47. The number of sulfonamides is 1. The average Bonchev–Trinajstić information content (AvgIpc) is 2.98. The van der Waals surface area contributed by atoms with Crippen LogP contribution in [0, 0.1) is 0 Å². The van der Waals surface area contributed by atoms with Gasteiger partial charge < -0.3 is 9.72 Å². The third kappa shape index (κ3) is 4.25. The van der Waals surface area contributed by atoms with Crippen molar-refractivity contribution in [3.63, 3.8) is 0 Å². The number of benzene rings is 1. The lowest BCUT2D eigenvalue weighted by molar-refractivity contribution is -0.127. The molecule has 0 aliphatic carbocycles. The molecule has 0 spiro atoms. The Morgan fingerprint density at radius 1 is 1.33 bits per heavy atom. The first kappa shape index (κ1) is 19.2. The summed E-state index contributed by atoms with van der Waals surface area (Å²) in [6.07, 6.45) is -3.65. The number of hydrogen-bond acceptors (Lipinski definition) is 5. The van der Waals surface area contributed by atoms with Crippen molar-refractivity contribution in [1.82, 2.24) is 15.0 Å². The molecular weight excluding hydrogens is 409 g/mol. The number of H-pyrrole nitrogens is 1. The quantitative estimate of drug-likeness (QED) is 0.658. The van der Waals surface area contributed by atoms with E-state index < -0.39 is 28.6 Å². The van der Waals surface area contributed by atoms with Crippen LogP contribution in [0.15, 0.2) is 35.5 Å². The molecule has 0 radical (unpaired) electrons. The predicted molar refractivity (Wildman–Crippen MR) is 92.5 cm³/mol. The number of fused-ring (bicyclic) bond motifs is 1. The highest BCUT2D eigenvalue weighted by atomic mass is 35.5. The topological polar surface area (TPSA) is 97.0 Å². The summed E-state index contributed by atoms with van der Waals surface area (Å²) in [4.78, 5) is 10.1.